The van der Waals surface area contributed by atoms with Crippen molar-refractivity contribution in [2.75, 3.05) is 19.8 Å². The molecule has 0 aromatic heterocycles. The number of hydrogen-bond acceptors (Lipinski definition) is 11. The number of rotatable bonds is 4. The summed E-state index contributed by atoms with van der Waals surface area (Å²) in [4.78, 5) is 0. The van der Waals surface area contributed by atoms with Crippen molar-refractivity contribution in [2.45, 2.75) is 54.8 Å². The maximum atomic E-state index is 9.94. The van der Waals surface area contributed by atoms with E-state index < -0.39 is 74.6 Å². The van der Waals surface area contributed by atoms with Crippen molar-refractivity contribution in [1.82, 2.24) is 0 Å². The molecule has 2 heterocycles. The minimum Gasteiger partial charge on any atom is -0.394 e. The van der Waals surface area contributed by atoms with Crippen LogP contribution in [-0.2, 0) is 14.2 Å². The highest BCUT2D eigenvalue weighted by molar-refractivity contribution is 4.94. The molecule has 2 rings (SSSR count). The van der Waals surface area contributed by atoms with Gasteiger partial charge in [-0.25, -0.2) is 0 Å². The van der Waals surface area contributed by atoms with Crippen molar-refractivity contribution >= 4 is 0 Å². The third-order valence-corrected chi connectivity index (χ3v) is 3.98. The molecular weight excluding hydrogens is 320 g/mol. The van der Waals surface area contributed by atoms with Crippen LogP contribution >= 0.6 is 0 Å². The van der Waals surface area contributed by atoms with E-state index in [0.29, 0.717) is 0 Å². The van der Waals surface area contributed by atoms with Gasteiger partial charge in [0, 0.05) is 0 Å². The minimum absolute atomic E-state index is 0.630. The fourth-order valence-corrected chi connectivity index (χ4v) is 2.53. The van der Waals surface area contributed by atoms with Gasteiger partial charge in [0.15, 0.2) is 6.29 Å². The average Bonchev–Trinajstić information content (AvgIpc) is 2.52. The van der Waals surface area contributed by atoms with Gasteiger partial charge < -0.3 is 55.1 Å². The van der Waals surface area contributed by atoms with Gasteiger partial charge in [0.25, 0.3) is 0 Å². The molecule has 2 saturated heterocycles. The molecule has 0 radical (unpaired) electrons. The second kappa shape index (κ2) is 7.21. The fraction of sp³-hybridized carbons (Fsp3) is 1.00. The minimum atomic E-state index is -2.65. The summed E-state index contributed by atoms with van der Waals surface area (Å²) in [5.41, 5.74) is 0. The molecule has 0 saturated carbocycles. The van der Waals surface area contributed by atoms with E-state index in [4.69, 9.17) is 19.3 Å². The molecule has 0 bridgehead atoms. The van der Waals surface area contributed by atoms with Gasteiger partial charge in [-0.15, -0.1) is 0 Å². The van der Waals surface area contributed by atoms with Crippen molar-refractivity contribution in [3.8, 4) is 0 Å². The summed E-state index contributed by atoms with van der Waals surface area (Å²) in [5.74, 6) is -2.65. The van der Waals surface area contributed by atoms with Crippen molar-refractivity contribution in [3.63, 3.8) is 0 Å². The number of aliphatic hydroxyl groups excluding tert-OH is 6. The van der Waals surface area contributed by atoms with E-state index in [1.54, 1.807) is 0 Å². The second-order valence-electron chi connectivity index (χ2n) is 5.65. The van der Waals surface area contributed by atoms with Crippen LogP contribution in [-0.4, -0.2) is 115 Å². The summed E-state index contributed by atoms with van der Waals surface area (Å²) < 4.78 is 15.3. The van der Waals surface area contributed by atoms with Gasteiger partial charge in [-0.05, 0) is 0 Å². The molecule has 136 valence electrons. The van der Waals surface area contributed by atoms with Crippen LogP contribution in [0.5, 0.6) is 0 Å². The Hall–Kier alpha value is -0.440. The fourth-order valence-electron chi connectivity index (χ4n) is 2.53. The maximum Gasteiger partial charge on any atom is 0.216 e. The molecule has 8 N–H and O–H groups in total. The molecule has 2 aliphatic heterocycles. The first kappa shape index (κ1) is 18.9. The topological polar surface area (TPSA) is 190 Å². The molecule has 2 fully saturated rings. The first-order valence-corrected chi connectivity index (χ1v) is 7.04. The lowest BCUT2D eigenvalue weighted by Gasteiger charge is -2.46. The molecule has 23 heavy (non-hydrogen) atoms. The van der Waals surface area contributed by atoms with Crippen molar-refractivity contribution < 1.29 is 55.1 Å². The van der Waals surface area contributed by atoms with E-state index in [2.05, 4.69) is 0 Å². The average molecular weight is 342 g/mol. The molecule has 0 aromatic rings. The molecule has 11 heteroatoms. The number of ether oxygens (including phenoxy) is 3. The Labute approximate surface area is 130 Å². The largest absolute Gasteiger partial charge is 0.394 e. The Morgan fingerprint density at radius 1 is 0.913 bits per heavy atom. The molecular formula is C12H22O11. The Morgan fingerprint density at radius 3 is 2.09 bits per heavy atom. The summed E-state index contributed by atoms with van der Waals surface area (Å²) >= 11 is 0. The van der Waals surface area contributed by atoms with Gasteiger partial charge in [-0.2, -0.15) is 0 Å². The summed E-state index contributed by atoms with van der Waals surface area (Å²) in [6.07, 6.45) is -12.4. The third kappa shape index (κ3) is 3.65. The van der Waals surface area contributed by atoms with Crippen LogP contribution in [0.2, 0.25) is 0 Å². The molecule has 0 aliphatic carbocycles. The van der Waals surface area contributed by atoms with Gasteiger partial charge in [0.1, 0.15) is 49.3 Å². The molecule has 0 aromatic carbocycles. The van der Waals surface area contributed by atoms with Crippen LogP contribution in [0.25, 0.3) is 0 Å². The lowest BCUT2D eigenvalue weighted by atomic mass is 9.96. The Morgan fingerprint density at radius 2 is 1.52 bits per heavy atom. The molecule has 0 amide bonds. The van der Waals surface area contributed by atoms with Gasteiger partial charge >= 0.3 is 0 Å². The number of aliphatic hydroxyl groups is 8. The summed E-state index contributed by atoms with van der Waals surface area (Å²) in [6, 6.07) is 0. The molecule has 8 atom stereocenters. The smallest absolute Gasteiger partial charge is 0.216 e. The van der Waals surface area contributed by atoms with Gasteiger partial charge in [-0.1, -0.05) is 0 Å². The van der Waals surface area contributed by atoms with E-state index >= 15 is 0 Å². The third-order valence-electron chi connectivity index (χ3n) is 3.98. The zero-order valence-corrected chi connectivity index (χ0v) is 12.0. The van der Waals surface area contributed by atoms with Crippen molar-refractivity contribution in [3.05, 3.63) is 0 Å². The molecule has 0 unspecified atom stereocenters. The Bertz CT molecular complexity index is 389. The van der Waals surface area contributed by atoms with Gasteiger partial charge in [0.2, 0.25) is 5.79 Å². The second-order valence-corrected chi connectivity index (χ2v) is 5.65. The lowest BCUT2D eigenvalue weighted by Crippen LogP contribution is -2.66. The van der Waals surface area contributed by atoms with Gasteiger partial charge in [0.05, 0.1) is 13.2 Å². The highest BCUT2D eigenvalue weighted by atomic mass is 16.7. The highest BCUT2D eigenvalue weighted by Crippen LogP contribution is 2.29. The van der Waals surface area contributed by atoms with Crippen LogP contribution < -0.4 is 0 Å². The van der Waals surface area contributed by atoms with Crippen molar-refractivity contribution in [2.24, 2.45) is 0 Å². The van der Waals surface area contributed by atoms with E-state index in [1.165, 1.54) is 0 Å². The van der Waals surface area contributed by atoms with E-state index in [1.807, 2.05) is 0 Å². The Balaban J connectivity index is 2.14. The zero-order valence-electron chi connectivity index (χ0n) is 12.0. The first-order valence-electron chi connectivity index (χ1n) is 7.04. The summed E-state index contributed by atoms with van der Waals surface area (Å²) in [5, 5.41) is 76.7. The van der Waals surface area contributed by atoms with Crippen LogP contribution in [0.15, 0.2) is 0 Å². The van der Waals surface area contributed by atoms with E-state index in [-0.39, 0.29) is 0 Å². The maximum absolute atomic E-state index is 9.94. The normalized spacial score (nSPS) is 47.5. The highest BCUT2D eigenvalue weighted by Gasteiger charge is 2.52. The summed E-state index contributed by atoms with van der Waals surface area (Å²) in [7, 11) is 0. The number of hydrogen-bond donors (Lipinski definition) is 8. The van der Waals surface area contributed by atoms with Crippen molar-refractivity contribution in [1.29, 1.82) is 0 Å². The van der Waals surface area contributed by atoms with Gasteiger partial charge in [-0.3, -0.25) is 0 Å². The van der Waals surface area contributed by atoms with E-state index in [0.717, 1.165) is 0 Å². The summed E-state index contributed by atoms with van der Waals surface area (Å²) in [6.45, 7) is -1.98. The first-order chi connectivity index (χ1) is 10.7. The zero-order chi connectivity index (χ0) is 17.4. The quantitative estimate of drug-likeness (QED) is 0.228. The van der Waals surface area contributed by atoms with E-state index in [9.17, 15) is 35.7 Å². The SMILES string of the molecule is OC[C@H]1O[C@H](O[C@@H]2[C@@H](CO)OCC(O)(O)[C@H]2O)[C@H](O)[C@@H](O)[C@@H]1O. The standard InChI is InChI=1S/C12H22O11/c13-1-4-6(15)7(16)8(17)11(22-4)23-9-5(2-14)21-3-12(19,20)10(9)18/h4-11,13-20H,1-3H2/t4-,5-,6-,7+,8-,9-,10+,11-/m1/s1. The molecule has 0 spiro atoms. The Kier molecular flexibility index (Phi) is 5.92. The van der Waals surface area contributed by atoms with Crippen LogP contribution in [0.1, 0.15) is 0 Å². The predicted molar refractivity (Wildman–Crippen MR) is 68.6 cm³/mol. The predicted octanol–water partition coefficient (Wildman–Crippen LogP) is -5.40. The van der Waals surface area contributed by atoms with Crippen LogP contribution in [0.3, 0.4) is 0 Å². The monoisotopic (exact) mass is 342 g/mol. The molecule has 11 nitrogen and oxygen atoms in total. The lowest BCUT2D eigenvalue weighted by molar-refractivity contribution is -0.369. The van der Waals surface area contributed by atoms with Crippen LogP contribution in [0.4, 0.5) is 0 Å². The van der Waals surface area contributed by atoms with Crippen LogP contribution in [0, 0.1) is 0 Å². The molecule has 2 aliphatic rings.